The van der Waals surface area contributed by atoms with Crippen LogP contribution in [-0.4, -0.2) is 9.97 Å². The van der Waals surface area contributed by atoms with E-state index in [2.05, 4.69) is 34.3 Å². The fourth-order valence-electron chi connectivity index (χ4n) is 3.07. The van der Waals surface area contributed by atoms with Gasteiger partial charge in [-0.15, -0.1) is 11.3 Å². The monoisotopic (exact) mass is 337 g/mol. The van der Waals surface area contributed by atoms with Gasteiger partial charge in [-0.2, -0.15) is 0 Å². The molecule has 2 N–H and O–H groups in total. The second kappa shape index (κ2) is 6.09. The van der Waals surface area contributed by atoms with Gasteiger partial charge in [0, 0.05) is 33.7 Å². The van der Waals surface area contributed by atoms with Crippen LogP contribution in [0.5, 0.6) is 0 Å². The van der Waals surface area contributed by atoms with Gasteiger partial charge in [0.15, 0.2) is 5.13 Å². The highest BCUT2D eigenvalue weighted by Gasteiger charge is 2.21. The summed E-state index contributed by atoms with van der Waals surface area (Å²) in [6.45, 7) is 2.06. The van der Waals surface area contributed by atoms with Crippen molar-refractivity contribution in [1.29, 1.82) is 0 Å². The second-order valence-corrected chi connectivity index (χ2v) is 6.57. The van der Waals surface area contributed by atoms with Gasteiger partial charge in [-0.3, -0.25) is 0 Å². The molecular formula is C19H16FN3S. The number of H-pyrrole nitrogens is 1. The first kappa shape index (κ1) is 14.9. The number of benzene rings is 2. The molecular weight excluding hydrogens is 321 g/mol. The van der Waals surface area contributed by atoms with Crippen LogP contribution in [0.3, 0.4) is 0 Å². The minimum atomic E-state index is -0.234. The van der Waals surface area contributed by atoms with E-state index < -0.39 is 0 Å². The number of anilines is 1. The maximum atomic E-state index is 13.4. The van der Waals surface area contributed by atoms with Gasteiger partial charge in [0.1, 0.15) is 5.82 Å². The maximum Gasteiger partial charge on any atom is 0.183 e. The van der Waals surface area contributed by atoms with Gasteiger partial charge in [0.25, 0.3) is 0 Å². The predicted molar refractivity (Wildman–Crippen MR) is 97.0 cm³/mol. The molecule has 1 atom stereocenters. The summed E-state index contributed by atoms with van der Waals surface area (Å²) in [5.74, 6) is -0.234. The van der Waals surface area contributed by atoms with Crippen molar-refractivity contribution in [3.8, 4) is 0 Å². The molecule has 0 radical (unpaired) electrons. The third kappa shape index (κ3) is 2.67. The Morgan fingerprint density at radius 3 is 2.67 bits per heavy atom. The number of hydrogen-bond donors (Lipinski definition) is 2. The first-order valence-electron chi connectivity index (χ1n) is 7.71. The topological polar surface area (TPSA) is 40.7 Å². The Labute approximate surface area is 143 Å². The normalized spacial score (nSPS) is 12.4. The minimum absolute atomic E-state index is 0.104. The van der Waals surface area contributed by atoms with Crippen molar-refractivity contribution >= 4 is 27.4 Å². The Balaban J connectivity index is 1.87. The molecule has 0 aliphatic heterocycles. The number of nitrogens with zero attached hydrogens (tertiary/aromatic N) is 1. The van der Waals surface area contributed by atoms with Crippen molar-refractivity contribution in [2.75, 3.05) is 5.32 Å². The minimum Gasteiger partial charge on any atom is -0.358 e. The van der Waals surface area contributed by atoms with Crippen LogP contribution in [0.1, 0.15) is 22.9 Å². The highest BCUT2D eigenvalue weighted by Crippen LogP contribution is 2.34. The zero-order valence-corrected chi connectivity index (χ0v) is 13.9. The lowest BCUT2D eigenvalue weighted by Gasteiger charge is -2.20. The highest BCUT2D eigenvalue weighted by molar-refractivity contribution is 7.13. The van der Waals surface area contributed by atoms with Crippen LogP contribution in [0.15, 0.2) is 60.1 Å². The van der Waals surface area contributed by atoms with E-state index in [9.17, 15) is 4.39 Å². The van der Waals surface area contributed by atoms with Gasteiger partial charge < -0.3 is 10.3 Å². The molecule has 0 saturated carbocycles. The van der Waals surface area contributed by atoms with Crippen molar-refractivity contribution in [2.45, 2.75) is 13.0 Å². The van der Waals surface area contributed by atoms with Crippen LogP contribution in [0.25, 0.3) is 10.9 Å². The third-order valence-electron chi connectivity index (χ3n) is 4.14. The number of aromatic nitrogens is 2. The average Bonchev–Trinajstić information content (AvgIpc) is 3.20. The van der Waals surface area contributed by atoms with E-state index in [4.69, 9.17) is 0 Å². The SMILES string of the molecule is Cc1[nH]c2ccccc2c1[C@@H](Nc1nccs1)c1ccc(F)cc1. The molecule has 3 nitrogen and oxygen atoms in total. The quantitative estimate of drug-likeness (QED) is 0.532. The number of thiazole rings is 1. The molecule has 0 saturated heterocycles. The lowest BCUT2D eigenvalue weighted by Crippen LogP contribution is -2.13. The number of hydrogen-bond acceptors (Lipinski definition) is 3. The number of aryl methyl sites for hydroxylation is 1. The van der Waals surface area contributed by atoms with E-state index in [0.717, 1.165) is 32.9 Å². The summed E-state index contributed by atoms with van der Waals surface area (Å²) >= 11 is 1.55. The molecule has 0 amide bonds. The standard InChI is InChI=1S/C19H16FN3S/c1-12-17(15-4-2-3-5-16(15)22-12)18(23-19-21-10-11-24-19)13-6-8-14(20)9-7-13/h2-11,18,22H,1H3,(H,21,23)/t18-/m0/s1. The summed E-state index contributed by atoms with van der Waals surface area (Å²) in [7, 11) is 0. The Morgan fingerprint density at radius 2 is 1.92 bits per heavy atom. The van der Waals surface area contributed by atoms with Crippen LogP contribution in [-0.2, 0) is 0 Å². The highest BCUT2D eigenvalue weighted by atomic mass is 32.1. The summed E-state index contributed by atoms with van der Waals surface area (Å²) < 4.78 is 13.4. The summed E-state index contributed by atoms with van der Waals surface area (Å²) in [6.07, 6.45) is 1.77. The fourth-order valence-corrected chi connectivity index (χ4v) is 3.62. The summed E-state index contributed by atoms with van der Waals surface area (Å²) in [5.41, 5.74) is 4.35. The first-order valence-corrected chi connectivity index (χ1v) is 8.59. The Kier molecular flexibility index (Phi) is 3.78. The van der Waals surface area contributed by atoms with Crippen molar-refractivity contribution in [1.82, 2.24) is 9.97 Å². The number of para-hydroxylation sites is 1. The van der Waals surface area contributed by atoms with Gasteiger partial charge >= 0.3 is 0 Å². The molecule has 0 fully saturated rings. The summed E-state index contributed by atoms with van der Waals surface area (Å²) in [4.78, 5) is 7.78. The van der Waals surface area contributed by atoms with E-state index in [1.54, 1.807) is 17.5 Å². The van der Waals surface area contributed by atoms with Crippen LogP contribution in [0.2, 0.25) is 0 Å². The number of fused-ring (bicyclic) bond motifs is 1. The lowest BCUT2D eigenvalue weighted by atomic mass is 9.96. The third-order valence-corrected chi connectivity index (χ3v) is 4.84. The molecule has 120 valence electrons. The molecule has 2 heterocycles. The van der Waals surface area contributed by atoms with Gasteiger partial charge in [-0.25, -0.2) is 9.37 Å². The molecule has 24 heavy (non-hydrogen) atoms. The van der Waals surface area contributed by atoms with E-state index in [0.29, 0.717) is 0 Å². The van der Waals surface area contributed by atoms with Gasteiger partial charge in [-0.1, -0.05) is 30.3 Å². The summed E-state index contributed by atoms with van der Waals surface area (Å²) in [5, 5.41) is 7.43. The number of nitrogens with one attached hydrogen (secondary N) is 2. The van der Waals surface area contributed by atoms with Crippen molar-refractivity contribution in [3.05, 3.63) is 82.7 Å². The van der Waals surface area contributed by atoms with Crippen molar-refractivity contribution in [3.63, 3.8) is 0 Å². The number of rotatable bonds is 4. The Morgan fingerprint density at radius 1 is 1.12 bits per heavy atom. The zero-order chi connectivity index (χ0) is 16.5. The molecule has 4 aromatic rings. The molecule has 2 aromatic carbocycles. The van der Waals surface area contributed by atoms with E-state index in [1.807, 2.05) is 29.6 Å². The van der Waals surface area contributed by atoms with E-state index in [-0.39, 0.29) is 11.9 Å². The predicted octanol–water partition coefficient (Wildman–Crippen LogP) is 5.27. The van der Waals surface area contributed by atoms with E-state index in [1.165, 1.54) is 12.1 Å². The average molecular weight is 337 g/mol. The lowest BCUT2D eigenvalue weighted by molar-refractivity contribution is 0.626. The van der Waals surface area contributed by atoms with Crippen LogP contribution < -0.4 is 5.32 Å². The first-order chi connectivity index (χ1) is 11.7. The van der Waals surface area contributed by atoms with Gasteiger partial charge in [-0.05, 0) is 30.7 Å². The Bertz CT molecular complexity index is 958. The number of halogens is 1. The molecule has 5 heteroatoms. The largest absolute Gasteiger partial charge is 0.358 e. The van der Waals surface area contributed by atoms with Crippen LogP contribution >= 0.6 is 11.3 Å². The molecule has 0 unspecified atom stereocenters. The molecule has 2 aromatic heterocycles. The fraction of sp³-hybridized carbons (Fsp3) is 0.105. The van der Waals surface area contributed by atoms with Crippen molar-refractivity contribution < 1.29 is 4.39 Å². The molecule has 4 rings (SSSR count). The number of aromatic amines is 1. The Hall–Kier alpha value is -2.66. The second-order valence-electron chi connectivity index (χ2n) is 5.68. The van der Waals surface area contributed by atoms with Gasteiger partial charge in [0.05, 0.1) is 6.04 Å². The maximum absolute atomic E-state index is 13.4. The summed E-state index contributed by atoms with van der Waals surface area (Å²) in [6, 6.07) is 14.8. The van der Waals surface area contributed by atoms with Crippen LogP contribution in [0.4, 0.5) is 9.52 Å². The zero-order valence-electron chi connectivity index (χ0n) is 13.1. The van der Waals surface area contributed by atoms with Crippen LogP contribution in [0, 0.1) is 12.7 Å². The molecule has 0 spiro atoms. The molecule has 0 aliphatic rings. The van der Waals surface area contributed by atoms with E-state index >= 15 is 0 Å². The van der Waals surface area contributed by atoms with Gasteiger partial charge in [0.2, 0.25) is 0 Å². The smallest absolute Gasteiger partial charge is 0.183 e. The van der Waals surface area contributed by atoms with Crippen molar-refractivity contribution in [2.24, 2.45) is 0 Å². The molecule has 0 bridgehead atoms. The molecule has 0 aliphatic carbocycles.